The van der Waals surface area contributed by atoms with Gasteiger partial charge in [0.2, 0.25) is 0 Å². The molecule has 4 aromatic rings. The summed E-state index contributed by atoms with van der Waals surface area (Å²) in [6, 6.07) is 29.2. The first-order chi connectivity index (χ1) is 18.3. The van der Waals surface area contributed by atoms with Crippen LogP contribution in [0.5, 0.6) is 11.5 Å². The van der Waals surface area contributed by atoms with E-state index in [0.717, 1.165) is 0 Å². The van der Waals surface area contributed by atoms with Crippen LogP contribution in [-0.2, 0) is 10.3 Å². The normalized spacial score (nSPS) is 13.1. The van der Waals surface area contributed by atoms with Gasteiger partial charge in [0, 0.05) is 17.5 Å². The zero-order valence-electron chi connectivity index (χ0n) is 20.9. The topological polar surface area (TPSA) is 108 Å². The number of ether oxygens (including phenoxy) is 3. The molecular formula is C30H27NO7. The number of carbonyl (C=O) groups is 1. The molecule has 0 radical (unpaired) electrons. The Balaban J connectivity index is 1.48. The molecule has 0 aliphatic rings. The van der Waals surface area contributed by atoms with Gasteiger partial charge in [-0.25, -0.2) is 4.79 Å². The van der Waals surface area contributed by atoms with Crippen molar-refractivity contribution in [2.45, 2.75) is 18.4 Å². The van der Waals surface area contributed by atoms with Gasteiger partial charge in [0.25, 0.3) is 5.69 Å². The van der Waals surface area contributed by atoms with Crippen LogP contribution in [0.15, 0.2) is 103 Å². The van der Waals surface area contributed by atoms with E-state index in [-0.39, 0.29) is 18.0 Å². The molecule has 4 rings (SSSR count). The average Bonchev–Trinajstić information content (AvgIpc) is 2.96. The second-order valence-corrected chi connectivity index (χ2v) is 8.71. The van der Waals surface area contributed by atoms with E-state index in [4.69, 9.17) is 14.2 Å². The third kappa shape index (κ3) is 5.66. The van der Waals surface area contributed by atoms with Crippen LogP contribution >= 0.6 is 0 Å². The Bertz CT molecular complexity index is 1390. The Hall–Kier alpha value is -4.69. The molecule has 2 atom stereocenters. The maximum absolute atomic E-state index is 12.3. The molecule has 4 aromatic carbocycles. The third-order valence-electron chi connectivity index (χ3n) is 6.29. The van der Waals surface area contributed by atoms with Crippen molar-refractivity contribution in [2.24, 2.45) is 0 Å². The molecule has 194 valence electrons. The minimum absolute atomic E-state index is 0.0321. The third-order valence-corrected chi connectivity index (χ3v) is 6.29. The molecule has 8 nitrogen and oxygen atoms in total. The fourth-order valence-electron chi connectivity index (χ4n) is 4.25. The highest BCUT2D eigenvalue weighted by Gasteiger charge is 2.34. The van der Waals surface area contributed by atoms with E-state index in [1.807, 2.05) is 30.3 Å². The number of methoxy groups -OCH3 is 1. The van der Waals surface area contributed by atoms with E-state index in [1.165, 1.54) is 6.07 Å². The molecule has 0 bridgehead atoms. The van der Waals surface area contributed by atoms with E-state index in [9.17, 15) is 20.0 Å². The summed E-state index contributed by atoms with van der Waals surface area (Å²) in [7, 11) is 1.58. The van der Waals surface area contributed by atoms with Crippen LogP contribution in [0.3, 0.4) is 0 Å². The van der Waals surface area contributed by atoms with E-state index in [2.05, 4.69) is 0 Å². The SMILES string of the molecule is COc1ccc(C(O)(c2ccccc2)c2ccc(OC(=O)OCC(C)c3ccccc3[N+](=O)[O-])cc2)cc1. The van der Waals surface area contributed by atoms with Gasteiger partial charge in [-0.3, -0.25) is 10.1 Å². The first-order valence-electron chi connectivity index (χ1n) is 11.9. The van der Waals surface area contributed by atoms with Gasteiger partial charge in [-0.1, -0.05) is 79.7 Å². The molecule has 38 heavy (non-hydrogen) atoms. The largest absolute Gasteiger partial charge is 0.513 e. The molecule has 2 unspecified atom stereocenters. The van der Waals surface area contributed by atoms with Gasteiger partial charge in [-0.15, -0.1) is 0 Å². The number of hydrogen-bond donors (Lipinski definition) is 1. The maximum Gasteiger partial charge on any atom is 0.513 e. The highest BCUT2D eigenvalue weighted by atomic mass is 16.7. The van der Waals surface area contributed by atoms with Crippen molar-refractivity contribution in [2.75, 3.05) is 13.7 Å². The van der Waals surface area contributed by atoms with E-state index in [0.29, 0.717) is 28.0 Å². The van der Waals surface area contributed by atoms with E-state index >= 15 is 0 Å². The van der Waals surface area contributed by atoms with Gasteiger partial charge in [-0.2, -0.15) is 0 Å². The zero-order chi connectivity index (χ0) is 27.1. The monoisotopic (exact) mass is 513 g/mol. The molecule has 0 spiro atoms. The molecule has 0 aromatic heterocycles. The Morgan fingerprint density at radius 3 is 1.95 bits per heavy atom. The number of nitro benzene ring substituents is 1. The van der Waals surface area contributed by atoms with Crippen molar-refractivity contribution < 1.29 is 29.0 Å². The lowest BCUT2D eigenvalue weighted by Crippen LogP contribution is -2.28. The van der Waals surface area contributed by atoms with Gasteiger partial charge in [0.1, 0.15) is 23.7 Å². The van der Waals surface area contributed by atoms with Gasteiger partial charge in [0.15, 0.2) is 0 Å². The lowest BCUT2D eigenvalue weighted by atomic mass is 9.80. The van der Waals surface area contributed by atoms with Crippen molar-refractivity contribution in [1.82, 2.24) is 0 Å². The highest BCUT2D eigenvalue weighted by Crippen LogP contribution is 2.38. The standard InChI is InChI=1S/C30H27NO7/c1-21(27-10-6-7-11-28(27)31(34)35)20-37-29(32)38-26-18-14-24(15-19-26)30(33,22-8-4-3-5-9-22)23-12-16-25(36-2)17-13-23/h3-19,21,33H,20H2,1-2H3. The van der Waals surface area contributed by atoms with Crippen molar-refractivity contribution >= 4 is 11.8 Å². The summed E-state index contributed by atoms with van der Waals surface area (Å²) >= 11 is 0. The zero-order valence-corrected chi connectivity index (χ0v) is 20.9. The van der Waals surface area contributed by atoms with Gasteiger partial charge < -0.3 is 19.3 Å². The van der Waals surface area contributed by atoms with Gasteiger partial charge >= 0.3 is 6.16 Å². The number of benzene rings is 4. The van der Waals surface area contributed by atoms with E-state index < -0.39 is 22.6 Å². The summed E-state index contributed by atoms with van der Waals surface area (Å²) in [6.45, 7) is 1.64. The number of para-hydroxylation sites is 1. The summed E-state index contributed by atoms with van der Waals surface area (Å²) in [5.41, 5.74) is 0.846. The molecule has 1 N–H and O–H groups in total. The molecule has 0 amide bonds. The van der Waals surface area contributed by atoms with Crippen LogP contribution < -0.4 is 9.47 Å². The molecule has 0 aliphatic carbocycles. The van der Waals surface area contributed by atoms with E-state index in [1.54, 1.807) is 80.8 Å². The minimum atomic E-state index is -1.47. The number of nitrogens with zero attached hydrogens (tertiary/aromatic N) is 1. The smallest absolute Gasteiger partial charge is 0.497 e. The van der Waals surface area contributed by atoms with Gasteiger partial charge in [-0.05, 0) is 41.0 Å². The fourth-order valence-corrected chi connectivity index (χ4v) is 4.25. The van der Waals surface area contributed by atoms with Crippen LogP contribution in [-0.4, -0.2) is 29.9 Å². The Morgan fingerprint density at radius 2 is 1.37 bits per heavy atom. The fraction of sp³-hybridized carbons (Fsp3) is 0.167. The number of aliphatic hydroxyl groups is 1. The number of carbonyl (C=O) groups excluding carboxylic acids is 1. The van der Waals surface area contributed by atoms with Crippen LogP contribution in [0, 0.1) is 10.1 Å². The summed E-state index contributed by atoms with van der Waals surface area (Å²) in [5.74, 6) is 0.488. The molecular weight excluding hydrogens is 486 g/mol. The minimum Gasteiger partial charge on any atom is -0.497 e. The van der Waals surface area contributed by atoms with Crippen molar-refractivity contribution in [1.29, 1.82) is 0 Å². The molecule has 0 heterocycles. The number of nitro groups is 1. The van der Waals surface area contributed by atoms with Crippen molar-refractivity contribution in [3.8, 4) is 11.5 Å². The Morgan fingerprint density at radius 1 is 0.842 bits per heavy atom. The molecule has 0 fully saturated rings. The summed E-state index contributed by atoms with van der Waals surface area (Å²) in [4.78, 5) is 23.1. The Kier molecular flexibility index (Phi) is 8.03. The summed E-state index contributed by atoms with van der Waals surface area (Å²) in [5, 5.41) is 23.2. The molecule has 8 heteroatoms. The number of hydrogen-bond acceptors (Lipinski definition) is 7. The lowest BCUT2D eigenvalue weighted by Gasteiger charge is -2.30. The van der Waals surface area contributed by atoms with Crippen LogP contribution in [0.2, 0.25) is 0 Å². The quantitative estimate of drug-likeness (QED) is 0.0932. The summed E-state index contributed by atoms with van der Waals surface area (Å²) in [6.07, 6.45) is -0.934. The van der Waals surface area contributed by atoms with Crippen LogP contribution in [0.4, 0.5) is 10.5 Å². The lowest BCUT2D eigenvalue weighted by molar-refractivity contribution is -0.385. The second-order valence-electron chi connectivity index (χ2n) is 8.71. The summed E-state index contributed by atoms with van der Waals surface area (Å²) < 4.78 is 15.8. The average molecular weight is 514 g/mol. The predicted molar refractivity (Wildman–Crippen MR) is 141 cm³/mol. The first-order valence-corrected chi connectivity index (χ1v) is 11.9. The molecule has 0 aliphatic heterocycles. The second kappa shape index (κ2) is 11.6. The molecule has 0 saturated heterocycles. The number of rotatable bonds is 9. The first kappa shape index (κ1) is 26.4. The Labute approximate surface area is 220 Å². The van der Waals surface area contributed by atoms with Crippen LogP contribution in [0.25, 0.3) is 0 Å². The predicted octanol–water partition coefficient (Wildman–Crippen LogP) is 6.21. The van der Waals surface area contributed by atoms with Gasteiger partial charge in [0.05, 0.1) is 12.0 Å². The van der Waals surface area contributed by atoms with Crippen LogP contribution in [0.1, 0.15) is 35.1 Å². The molecule has 0 saturated carbocycles. The van der Waals surface area contributed by atoms with Crippen molar-refractivity contribution in [3.05, 3.63) is 135 Å². The maximum atomic E-state index is 12.3. The van der Waals surface area contributed by atoms with Crippen molar-refractivity contribution in [3.63, 3.8) is 0 Å². The highest BCUT2D eigenvalue weighted by molar-refractivity contribution is 5.64.